The van der Waals surface area contributed by atoms with Gasteiger partial charge in [0.2, 0.25) is 0 Å². The highest BCUT2D eigenvalue weighted by atomic mass is 16.5. The van der Waals surface area contributed by atoms with Crippen molar-refractivity contribution < 1.29 is 19.1 Å². The van der Waals surface area contributed by atoms with E-state index >= 15 is 0 Å². The number of rotatable bonds is 6. The minimum atomic E-state index is -0.434. The van der Waals surface area contributed by atoms with Crippen LogP contribution in [-0.4, -0.2) is 25.2 Å². The molecule has 140 valence electrons. The van der Waals surface area contributed by atoms with E-state index in [4.69, 9.17) is 9.47 Å². The van der Waals surface area contributed by atoms with Crippen molar-refractivity contribution in [1.82, 2.24) is 5.32 Å². The number of dihydropyridines is 1. The second kappa shape index (κ2) is 8.70. The Morgan fingerprint density at radius 3 is 1.85 bits per heavy atom. The van der Waals surface area contributed by atoms with Crippen LogP contribution >= 0.6 is 0 Å². The third-order valence-corrected chi connectivity index (χ3v) is 4.62. The average Bonchev–Trinajstić information content (AvgIpc) is 2.61. The van der Waals surface area contributed by atoms with Crippen molar-refractivity contribution in [2.75, 3.05) is 13.2 Å². The van der Waals surface area contributed by atoms with Gasteiger partial charge < -0.3 is 14.8 Å². The van der Waals surface area contributed by atoms with Gasteiger partial charge in [-0.1, -0.05) is 37.3 Å². The molecule has 1 aliphatic heterocycles. The van der Waals surface area contributed by atoms with Crippen molar-refractivity contribution in [2.45, 2.75) is 40.5 Å². The van der Waals surface area contributed by atoms with Crippen LogP contribution in [0.15, 0.2) is 52.9 Å². The van der Waals surface area contributed by atoms with Crippen molar-refractivity contribution in [3.63, 3.8) is 0 Å². The molecule has 0 amide bonds. The number of ether oxygens (including phenoxy) is 2. The van der Waals surface area contributed by atoms with Gasteiger partial charge in [0, 0.05) is 17.3 Å². The molecule has 0 radical (unpaired) electrons. The first-order chi connectivity index (χ1) is 12.4. The van der Waals surface area contributed by atoms with Gasteiger partial charge in [-0.25, -0.2) is 9.59 Å². The van der Waals surface area contributed by atoms with Gasteiger partial charge in [-0.2, -0.15) is 0 Å². The molecular weight excluding hydrogens is 330 g/mol. The lowest BCUT2D eigenvalue weighted by Crippen LogP contribution is -2.36. The number of esters is 2. The van der Waals surface area contributed by atoms with E-state index in [1.807, 2.05) is 51.1 Å². The molecule has 1 aliphatic rings. The summed E-state index contributed by atoms with van der Waals surface area (Å²) >= 11 is 0. The van der Waals surface area contributed by atoms with Crippen LogP contribution in [-0.2, 0) is 19.1 Å². The number of hydrogen-bond donors (Lipinski definition) is 1. The van der Waals surface area contributed by atoms with Crippen molar-refractivity contribution in [1.29, 1.82) is 0 Å². The highest BCUT2D eigenvalue weighted by Gasteiger charge is 2.40. The minimum Gasteiger partial charge on any atom is -0.463 e. The van der Waals surface area contributed by atoms with E-state index in [1.165, 1.54) is 0 Å². The van der Waals surface area contributed by atoms with Gasteiger partial charge >= 0.3 is 11.9 Å². The first-order valence-corrected chi connectivity index (χ1v) is 9.00. The Kier molecular flexibility index (Phi) is 6.61. The van der Waals surface area contributed by atoms with Crippen LogP contribution in [0.1, 0.15) is 46.1 Å². The predicted molar refractivity (Wildman–Crippen MR) is 100 cm³/mol. The summed E-state index contributed by atoms with van der Waals surface area (Å²) in [5, 5.41) is 3.15. The lowest BCUT2D eigenvalue weighted by Gasteiger charge is -2.34. The number of carbonyl (C=O) groups excluding carboxylic acids is 2. The molecule has 0 aliphatic carbocycles. The Bertz CT molecular complexity index is 694. The second-order valence-electron chi connectivity index (χ2n) is 6.32. The standard InChI is InChI=1S/C21H27NO4/c1-6-25-20(23)18-14(4)22-15(5)19(21(24)26-7-2)17(18)13(3)16-11-9-8-10-12-16/h8-13,17,22H,6-7H2,1-5H3/t13-/m0/s1. The van der Waals surface area contributed by atoms with Crippen molar-refractivity contribution in [3.8, 4) is 0 Å². The average molecular weight is 357 g/mol. The second-order valence-corrected chi connectivity index (χ2v) is 6.32. The molecule has 26 heavy (non-hydrogen) atoms. The summed E-state index contributed by atoms with van der Waals surface area (Å²) in [6, 6.07) is 9.85. The van der Waals surface area contributed by atoms with Gasteiger partial charge in [-0.15, -0.1) is 0 Å². The lowest BCUT2D eigenvalue weighted by molar-refractivity contribution is -0.140. The first kappa shape index (κ1) is 19.8. The van der Waals surface area contributed by atoms with E-state index in [0.717, 1.165) is 5.56 Å². The maximum Gasteiger partial charge on any atom is 0.336 e. The van der Waals surface area contributed by atoms with Crippen LogP contribution in [0.5, 0.6) is 0 Å². The molecule has 1 aromatic rings. The summed E-state index contributed by atoms with van der Waals surface area (Å²) in [7, 11) is 0. The molecule has 0 fully saturated rings. The summed E-state index contributed by atoms with van der Waals surface area (Å²) in [4.78, 5) is 25.4. The molecule has 0 saturated heterocycles. The number of benzene rings is 1. The van der Waals surface area contributed by atoms with E-state index in [-0.39, 0.29) is 19.1 Å². The van der Waals surface area contributed by atoms with Gasteiger partial charge in [0.1, 0.15) is 0 Å². The molecule has 0 saturated carbocycles. The lowest BCUT2D eigenvalue weighted by atomic mass is 9.74. The fourth-order valence-corrected chi connectivity index (χ4v) is 3.45. The summed E-state index contributed by atoms with van der Waals surface area (Å²) in [5.74, 6) is -1.34. The van der Waals surface area contributed by atoms with Crippen molar-refractivity contribution >= 4 is 11.9 Å². The molecule has 5 nitrogen and oxygen atoms in total. The fourth-order valence-electron chi connectivity index (χ4n) is 3.45. The van der Waals surface area contributed by atoms with Crippen LogP contribution in [0.3, 0.4) is 0 Å². The SMILES string of the molecule is CCOC(=O)C1=C(C)NC(C)=C(C(=O)OCC)C1[C@@H](C)c1ccccc1. The third kappa shape index (κ3) is 3.98. The number of nitrogens with one attached hydrogen (secondary N) is 1. The van der Waals surface area contributed by atoms with E-state index in [1.54, 1.807) is 13.8 Å². The molecule has 1 atom stereocenters. The molecule has 0 aromatic heterocycles. The van der Waals surface area contributed by atoms with Crippen LogP contribution < -0.4 is 5.32 Å². The molecule has 0 spiro atoms. The quantitative estimate of drug-likeness (QED) is 0.787. The maximum absolute atomic E-state index is 12.7. The Morgan fingerprint density at radius 1 is 0.962 bits per heavy atom. The topological polar surface area (TPSA) is 64.6 Å². The van der Waals surface area contributed by atoms with Gasteiger partial charge in [0.25, 0.3) is 0 Å². The predicted octanol–water partition coefficient (Wildman–Crippen LogP) is 3.68. The monoisotopic (exact) mass is 357 g/mol. The van der Waals surface area contributed by atoms with E-state index in [0.29, 0.717) is 22.5 Å². The van der Waals surface area contributed by atoms with Crippen LogP contribution in [0.4, 0.5) is 0 Å². The molecule has 1 aromatic carbocycles. The normalized spacial score (nSPS) is 16.2. The van der Waals surface area contributed by atoms with E-state index < -0.39 is 17.9 Å². The maximum atomic E-state index is 12.7. The molecule has 1 heterocycles. The number of carbonyl (C=O) groups is 2. The van der Waals surface area contributed by atoms with Crippen molar-refractivity contribution in [2.24, 2.45) is 5.92 Å². The Labute approximate surface area is 155 Å². The van der Waals surface area contributed by atoms with Gasteiger partial charge in [-0.05, 0) is 39.2 Å². The summed E-state index contributed by atoms with van der Waals surface area (Å²) in [6.07, 6.45) is 0. The van der Waals surface area contributed by atoms with Gasteiger partial charge in [-0.3, -0.25) is 0 Å². The number of allylic oxidation sites excluding steroid dienone is 2. The Hall–Kier alpha value is -2.56. The van der Waals surface area contributed by atoms with Crippen LogP contribution in [0, 0.1) is 5.92 Å². The molecule has 1 N–H and O–H groups in total. The molecular formula is C21H27NO4. The minimum absolute atomic E-state index is 0.0954. The zero-order valence-electron chi connectivity index (χ0n) is 16.1. The number of hydrogen-bond acceptors (Lipinski definition) is 5. The summed E-state index contributed by atoms with van der Waals surface area (Å²) < 4.78 is 10.6. The zero-order valence-corrected chi connectivity index (χ0v) is 16.1. The first-order valence-electron chi connectivity index (χ1n) is 9.00. The summed E-state index contributed by atoms with van der Waals surface area (Å²) in [6.45, 7) is 9.79. The molecule has 5 heteroatoms. The third-order valence-electron chi connectivity index (χ3n) is 4.62. The van der Waals surface area contributed by atoms with E-state index in [2.05, 4.69) is 5.32 Å². The van der Waals surface area contributed by atoms with Crippen LogP contribution in [0.25, 0.3) is 0 Å². The Morgan fingerprint density at radius 2 is 1.42 bits per heavy atom. The fraction of sp³-hybridized carbons (Fsp3) is 0.429. The van der Waals surface area contributed by atoms with Crippen molar-refractivity contribution in [3.05, 3.63) is 58.4 Å². The highest BCUT2D eigenvalue weighted by Crippen LogP contribution is 2.41. The Balaban J connectivity index is 2.58. The smallest absolute Gasteiger partial charge is 0.336 e. The summed E-state index contributed by atoms with van der Waals surface area (Å²) in [5.41, 5.74) is 3.43. The molecule has 0 bridgehead atoms. The molecule has 0 unspecified atom stereocenters. The molecule has 2 rings (SSSR count). The highest BCUT2D eigenvalue weighted by molar-refractivity contribution is 5.98. The van der Waals surface area contributed by atoms with E-state index in [9.17, 15) is 9.59 Å². The van der Waals surface area contributed by atoms with Crippen LogP contribution in [0.2, 0.25) is 0 Å². The van der Waals surface area contributed by atoms with Gasteiger partial charge in [0.15, 0.2) is 0 Å². The zero-order chi connectivity index (χ0) is 19.3. The van der Waals surface area contributed by atoms with Gasteiger partial charge in [0.05, 0.1) is 24.4 Å². The largest absolute Gasteiger partial charge is 0.463 e.